The average molecular weight is 420 g/mol. The molecule has 0 bridgehead atoms. The van der Waals surface area contributed by atoms with Crippen LogP contribution in [0.1, 0.15) is 29.7 Å². The van der Waals surface area contributed by atoms with Gasteiger partial charge in [-0.05, 0) is 42.8 Å². The number of amides is 1. The molecule has 2 aromatic carbocycles. The van der Waals surface area contributed by atoms with Gasteiger partial charge in [-0.1, -0.05) is 29.8 Å². The predicted octanol–water partition coefficient (Wildman–Crippen LogP) is 4.01. The molecule has 1 aromatic heterocycles. The Labute approximate surface area is 178 Å². The molecule has 3 aromatic rings. The third kappa shape index (κ3) is 3.38. The third-order valence-corrected chi connectivity index (χ3v) is 5.08. The molecule has 2 heterocycles. The standard InChI is InChI=1S/C22H18ClN5O2/c1-12-19-20(14-6-8-16(9-7-14)26-13(2)29)18(11-24)21(25)30-22(19)28(27-12)17-5-3-4-15(23)10-17/h3-10,20H,25H2,1-2H3,(H,26,29)/t20-/m1/s1. The summed E-state index contributed by atoms with van der Waals surface area (Å²) in [5, 5.41) is 17.7. The van der Waals surface area contributed by atoms with Crippen LogP contribution >= 0.6 is 11.6 Å². The highest BCUT2D eigenvalue weighted by Gasteiger charge is 2.36. The summed E-state index contributed by atoms with van der Waals surface area (Å²) in [7, 11) is 0. The van der Waals surface area contributed by atoms with Gasteiger partial charge in [-0.3, -0.25) is 4.79 Å². The van der Waals surface area contributed by atoms with E-state index in [4.69, 9.17) is 22.1 Å². The summed E-state index contributed by atoms with van der Waals surface area (Å²) in [4.78, 5) is 11.3. The number of hydrogen-bond acceptors (Lipinski definition) is 5. The maximum absolute atomic E-state index is 11.3. The van der Waals surface area contributed by atoms with Gasteiger partial charge in [0.15, 0.2) is 0 Å². The topological polar surface area (TPSA) is 106 Å². The van der Waals surface area contributed by atoms with Crippen LogP contribution in [0.4, 0.5) is 5.69 Å². The number of carbonyl (C=O) groups is 1. The fraction of sp³-hybridized carbons (Fsp3) is 0.136. The van der Waals surface area contributed by atoms with Crippen LogP contribution in [-0.4, -0.2) is 15.7 Å². The molecule has 0 spiro atoms. The minimum absolute atomic E-state index is 0.0316. The first-order valence-electron chi connectivity index (χ1n) is 9.19. The second-order valence-electron chi connectivity index (χ2n) is 6.92. The van der Waals surface area contributed by atoms with Crippen LogP contribution in [0, 0.1) is 18.3 Å². The normalized spacial score (nSPS) is 15.2. The number of allylic oxidation sites excluding steroid dienone is 1. The molecule has 3 N–H and O–H groups in total. The first-order valence-corrected chi connectivity index (χ1v) is 9.57. The molecule has 4 rings (SSSR count). The van der Waals surface area contributed by atoms with Gasteiger partial charge in [-0.25, -0.2) is 4.68 Å². The number of nitriles is 1. The Balaban J connectivity index is 1.86. The monoisotopic (exact) mass is 419 g/mol. The Bertz CT molecular complexity index is 1220. The number of fused-ring (bicyclic) bond motifs is 1. The number of halogens is 1. The van der Waals surface area contributed by atoms with Crippen molar-refractivity contribution in [3.8, 4) is 17.6 Å². The van der Waals surface area contributed by atoms with E-state index >= 15 is 0 Å². The largest absolute Gasteiger partial charge is 0.422 e. The SMILES string of the molecule is CC(=O)Nc1ccc([C@@H]2C(C#N)=C(N)Oc3c2c(C)nn3-c2cccc(Cl)c2)cc1. The highest BCUT2D eigenvalue weighted by molar-refractivity contribution is 6.30. The van der Waals surface area contributed by atoms with E-state index in [1.165, 1.54) is 6.92 Å². The quantitative estimate of drug-likeness (QED) is 0.667. The lowest BCUT2D eigenvalue weighted by Crippen LogP contribution is -2.22. The lowest BCUT2D eigenvalue weighted by Gasteiger charge is -2.25. The van der Waals surface area contributed by atoms with Crippen molar-refractivity contribution < 1.29 is 9.53 Å². The Morgan fingerprint density at radius 2 is 2.03 bits per heavy atom. The van der Waals surface area contributed by atoms with Crippen molar-refractivity contribution in [2.45, 2.75) is 19.8 Å². The van der Waals surface area contributed by atoms with Crippen molar-refractivity contribution >= 4 is 23.2 Å². The van der Waals surface area contributed by atoms with Crippen LogP contribution in [0.2, 0.25) is 5.02 Å². The maximum atomic E-state index is 11.3. The van der Waals surface area contributed by atoms with E-state index in [1.54, 1.807) is 28.9 Å². The predicted molar refractivity (Wildman–Crippen MR) is 113 cm³/mol. The Morgan fingerprint density at radius 1 is 1.30 bits per heavy atom. The van der Waals surface area contributed by atoms with Gasteiger partial charge in [0.1, 0.15) is 11.6 Å². The van der Waals surface area contributed by atoms with Crippen molar-refractivity contribution in [1.29, 1.82) is 5.26 Å². The number of ether oxygens (including phenoxy) is 1. The minimum Gasteiger partial charge on any atom is -0.422 e. The first-order chi connectivity index (χ1) is 14.4. The lowest BCUT2D eigenvalue weighted by atomic mass is 9.84. The molecule has 1 aliphatic heterocycles. The Morgan fingerprint density at radius 3 is 2.67 bits per heavy atom. The molecular weight excluding hydrogens is 402 g/mol. The molecule has 1 amide bonds. The van der Waals surface area contributed by atoms with Gasteiger partial charge >= 0.3 is 0 Å². The smallest absolute Gasteiger partial charge is 0.229 e. The second kappa shape index (κ2) is 7.58. The summed E-state index contributed by atoms with van der Waals surface area (Å²) in [5.74, 6) is -0.124. The number of hydrogen-bond donors (Lipinski definition) is 2. The van der Waals surface area contributed by atoms with Crippen molar-refractivity contribution in [1.82, 2.24) is 9.78 Å². The van der Waals surface area contributed by atoms with Crippen LogP contribution in [-0.2, 0) is 4.79 Å². The highest BCUT2D eigenvalue weighted by atomic mass is 35.5. The van der Waals surface area contributed by atoms with Gasteiger partial charge in [0.05, 0.1) is 22.9 Å². The molecule has 0 saturated heterocycles. The summed E-state index contributed by atoms with van der Waals surface area (Å²) in [5.41, 5.74) is 10.1. The zero-order valence-corrected chi connectivity index (χ0v) is 17.1. The van der Waals surface area contributed by atoms with E-state index in [0.29, 0.717) is 27.9 Å². The zero-order valence-electron chi connectivity index (χ0n) is 16.3. The second-order valence-corrected chi connectivity index (χ2v) is 7.36. The molecule has 8 heteroatoms. The van der Waals surface area contributed by atoms with E-state index in [2.05, 4.69) is 16.5 Å². The molecule has 0 aliphatic carbocycles. The van der Waals surface area contributed by atoms with Crippen LogP contribution in [0.25, 0.3) is 5.69 Å². The number of nitrogens with two attached hydrogens (primary N) is 1. The van der Waals surface area contributed by atoms with Gasteiger partial charge in [-0.15, -0.1) is 0 Å². The van der Waals surface area contributed by atoms with Crippen molar-refractivity contribution in [3.63, 3.8) is 0 Å². The molecular formula is C22H18ClN5O2. The van der Waals surface area contributed by atoms with E-state index < -0.39 is 5.92 Å². The number of nitrogens with one attached hydrogen (secondary N) is 1. The van der Waals surface area contributed by atoms with E-state index in [-0.39, 0.29) is 11.8 Å². The van der Waals surface area contributed by atoms with Crippen LogP contribution in [0.5, 0.6) is 5.88 Å². The number of carbonyl (C=O) groups excluding carboxylic acids is 1. The molecule has 0 unspecified atom stereocenters. The fourth-order valence-corrected chi connectivity index (χ4v) is 3.78. The van der Waals surface area contributed by atoms with Crippen LogP contribution in [0.3, 0.4) is 0 Å². The minimum atomic E-state index is -0.446. The molecule has 30 heavy (non-hydrogen) atoms. The number of anilines is 1. The number of nitrogens with zero attached hydrogens (tertiary/aromatic N) is 3. The molecule has 150 valence electrons. The number of aromatic nitrogens is 2. The van der Waals surface area contributed by atoms with Gasteiger partial charge in [0.25, 0.3) is 0 Å². The van der Waals surface area contributed by atoms with Crippen LogP contribution in [0.15, 0.2) is 60.0 Å². The number of rotatable bonds is 3. The molecule has 1 atom stereocenters. The van der Waals surface area contributed by atoms with Gasteiger partial charge in [-0.2, -0.15) is 10.4 Å². The summed E-state index contributed by atoms with van der Waals surface area (Å²) in [6.07, 6.45) is 0. The molecule has 1 aliphatic rings. The van der Waals surface area contributed by atoms with E-state index in [9.17, 15) is 10.1 Å². The average Bonchev–Trinajstić information content (AvgIpc) is 3.03. The molecule has 0 fully saturated rings. The Kier molecular flexibility index (Phi) is 4.94. The fourth-order valence-electron chi connectivity index (χ4n) is 3.59. The van der Waals surface area contributed by atoms with Crippen LogP contribution < -0.4 is 15.8 Å². The summed E-state index contributed by atoms with van der Waals surface area (Å²) in [6.45, 7) is 3.31. The molecule has 7 nitrogen and oxygen atoms in total. The van der Waals surface area contributed by atoms with E-state index in [0.717, 1.165) is 16.8 Å². The number of benzene rings is 2. The van der Waals surface area contributed by atoms with E-state index in [1.807, 2.05) is 31.2 Å². The molecule has 0 saturated carbocycles. The first kappa shape index (κ1) is 19.6. The summed E-state index contributed by atoms with van der Waals surface area (Å²) >= 11 is 6.15. The van der Waals surface area contributed by atoms with Crippen molar-refractivity contribution in [2.75, 3.05) is 5.32 Å². The third-order valence-electron chi connectivity index (χ3n) is 4.85. The summed E-state index contributed by atoms with van der Waals surface area (Å²) < 4.78 is 7.48. The van der Waals surface area contributed by atoms with Gasteiger partial charge < -0.3 is 15.8 Å². The van der Waals surface area contributed by atoms with Gasteiger partial charge in [0.2, 0.25) is 17.7 Å². The lowest BCUT2D eigenvalue weighted by molar-refractivity contribution is -0.114. The molecule has 0 radical (unpaired) electrons. The maximum Gasteiger partial charge on any atom is 0.229 e. The number of aryl methyl sites for hydroxylation is 1. The van der Waals surface area contributed by atoms with Gasteiger partial charge in [0, 0.05) is 17.6 Å². The Hall–Kier alpha value is -3.76. The summed E-state index contributed by atoms with van der Waals surface area (Å²) in [6, 6.07) is 16.7. The van der Waals surface area contributed by atoms with Crippen molar-refractivity contribution in [3.05, 3.63) is 81.8 Å². The zero-order chi connectivity index (χ0) is 21.4. The highest BCUT2D eigenvalue weighted by Crippen LogP contribution is 2.44. The van der Waals surface area contributed by atoms with Crippen molar-refractivity contribution in [2.24, 2.45) is 5.73 Å².